The molecule has 0 atom stereocenters. The lowest BCUT2D eigenvalue weighted by Gasteiger charge is -2.18. The molecular weight excluding hydrogens is 1000 g/mol. The van der Waals surface area contributed by atoms with Gasteiger partial charge in [0.15, 0.2) is 0 Å². The fourth-order valence-electron chi connectivity index (χ4n) is 12.2. The molecule has 1 heteroatoms. The first-order chi connectivity index (χ1) is 51.1. The Hall–Kier alpha value is -10.9. The number of furan rings is 1. The van der Waals surface area contributed by atoms with Crippen molar-refractivity contribution in [1.82, 2.24) is 0 Å². The summed E-state index contributed by atoms with van der Waals surface area (Å²) < 4.78 is 217. The lowest BCUT2D eigenvalue weighted by Crippen LogP contribution is -1.91. The maximum atomic E-state index is 9.54. The summed E-state index contributed by atoms with van der Waals surface area (Å²) in [5.41, 5.74) is 2.16. The molecule has 0 saturated heterocycles. The van der Waals surface area contributed by atoms with Crippen molar-refractivity contribution in [2.24, 2.45) is 0 Å². The smallest absolute Gasteiger partial charge is 0.135 e. The monoisotopic (exact) mass is 1070 g/mol. The first-order valence-corrected chi connectivity index (χ1v) is 26.8. The van der Waals surface area contributed by atoms with E-state index in [0.29, 0.717) is 0 Å². The van der Waals surface area contributed by atoms with E-state index in [2.05, 4.69) is 158 Å². The second-order valence-corrected chi connectivity index (χ2v) is 20.4. The van der Waals surface area contributed by atoms with Crippen molar-refractivity contribution >= 4 is 108 Å². The number of rotatable bonds is 6. The first-order valence-electron chi connectivity index (χ1n) is 38.8. The third-order valence-corrected chi connectivity index (χ3v) is 15.9. The summed E-state index contributed by atoms with van der Waals surface area (Å²) >= 11 is 0. The third-order valence-electron chi connectivity index (χ3n) is 15.9. The van der Waals surface area contributed by atoms with Crippen LogP contribution in [-0.4, -0.2) is 0 Å². The van der Waals surface area contributed by atoms with Gasteiger partial charge < -0.3 is 4.42 Å². The van der Waals surface area contributed by atoms with E-state index in [1.165, 1.54) is 98.0 Å². The van der Waals surface area contributed by atoms with Crippen molar-refractivity contribution in [1.29, 1.82) is 0 Å². The molecule has 0 aliphatic heterocycles. The van der Waals surface area contributed by atoms with E-state index >= 15 is 0 Å². The number of benzene rings is 17. The van der Waals surface area contributed by atoms with Crippen LogP contribution in [0.5, 0.6) is 0 Å². The molecule has 0 fully saturated rings. The molecule has 18 aromatic rings. The summed E-state index contributed by atoms with van der Waals surface area (Å²) in [5.74, 6) is 0. The number of hydrogen-bond acceptors (Lipinski definition) is 1. The molecule has 0 bridgehead atoms. The molecule has 0 unspecified atom stereocenters. The van der Waals surface area contributed by atoms with Crippen LogP contribution >= 0.6 is 0 Å². The van der Waals surface area contributed by atoms with Gasteiger partial charge in [-0.2, -0.15) is 0 Å². The van der Waals surface area contributed by atoms with E-state index < -0.39 is 222 Å². The van der Waals surface area contributed by atoms with Gasteiger partial charge in [-0.05, 0) is 189 Å². The number of hydrogen-bond donors (Lipinski definition) is 0. The molecule has 0 spiro atoms. The zero-order chi connectivity index (χ0) is 75.4. The van der Waals surface area contributed by atoms with Gasteiger partial charge in [-0.15, -0.1) is 0 Å². The highest BCUT2D eigenvalue weighted by Crippen LogP contribution is 2.47. The molecule has 0 aliphatic rings. The topological polar surface area (TPSA) is 13.1 Å². The molecule has 1 aromatic heterocycles. The second-order valence-electron chi connectivity index (χ2n) is 20.4. The highest BCUT2D eigenvalue weighted by molar-refractivity contribution is 6.28. The Morgan fingerprint density at radius 1 is 0.229 bits per heavy atom. The van der Waals surface area contributed by atoms with Gasteiger partial charge in [-0.3, -0.25) is 0 Å². The van der Waals surface area contributed by atoms with Gasteiger partial charge >= 0.3 is 0 Å². The normalized spacial score (nSPS) is 15.9. The Kier molecular flexibility index (Phi) is 6.61. The van der Waals surface area contributed by atoms with Gasteiger partial charge in [0.25, 0.3) is 0 Å². The molecule has 0 aliphatic carbocycles. The largest absolute Gasteiger partial charge is 0.456 e. The highest BCUT2D eigenvalue weighted by Gasteiger charge is 2.20. The van der Waals surface area contributed by atoms with Crippen molar-refractivity contribution in [3.05, 3.63) is 303 Å². The Labute approximate surface area is 513 Å². The minimum atomic E-state index is -1.02. The quantitative estimate of drug-likeness (QED) is 0.119. The molecule has 384 valence electrons. The molecule has 0 saturated carbocycles. The molecule has 1 heterocycles. The number of para-hydroxylation sites is 1. The van der Waals surface area contributed by atoms with Gasteiger partial charge in [0.2, 0.25) is 0 Å². The fraction of sp³-hybridized carbons (Fsp3) is 0. The number of fused-ring (bicyclic) bond motifs is 5. The Balaban J connectivity index is 0.000000166. The average Bonchev–Trinajstić information content (AvgIpc) is 1.59. The van der Waals surface area contributed by atoms with Gasteiger partial charge in [-0.25, -0.2) is 0 Å². The predicted octanol–water partition coefficient (Wildman–Crippen LogP) is 23.4. The molecule has 0 N–H and O–H groups in total. The molecule has 0 radical (unpaired) electrons. The SMILES string of the molecule is [2H]c1c([2H])c([2H])c(-c2c([2H])c([2H])c(-c3c4c([2H])c([2H])c([2H])c([2H])c4c(-c4c([2H])c([2H])c5oc6c([2H])c([2H])c([2H])c([2H])c6c5c4[2H])c4c([2H])c([2H])c([2H])c([2H])c34)c([2H])c2[2H])c([2H])c1[2H].c1ccc(-c2cc(-c3ccc4ccc5cccc6ccc3c4c56)cc(-c3ccc4ccc5cccc6ccc3c4c56)c2)cc1. The summed E-state index contributed by atoms with van der Waals surface area (Å²) in [5, 5.41) is 12.2. The predicted molar refractivity (Wildman–Crippen MR) is 355 cm³/mol. The van der Waals surface area contributed by atoms with Gasteiger partial charge in [-0.1, -0.05) is 266 Å². The zero-order valence-electron chi connectivity index (χ0n) is 67.4. The van der Waals surface area contributed by atoms with E-state index in [9.17, 15) is 11.0 Å². The molecule has 1 nitrogen and oxygen atoms in total. The molecule has 83 heavy (non-hydrogen) atoms. The average molecular weight is 1080 g/mol. The second kappa shape index (κ2) is 18.9. The van der Waals surface area contributed by atoms with Crippen molar-refractivity contribution in [3.63, 3.8) is 0 Å². The molecule has 0 amide bonds. The minimum Gasteiger partial charge on any atom is -0.456 e. The maximum absolute atomic E-state index is 9.54. The van der Waals surface area contributed by atoms with Crippen LogP contribution in [-0.2, 0) is 0 Å². The Bertz CT molecular complexity index is 6710. The molecule has 18 rings (SSSR count). The summed E-state index contributed by atoms with van der Waals surface area (Å²) in [6.07, 6.45) is 0. The van der Waals surface area contributed by atoms with Gasteiger partial charge in [0.1, 0.15) is 11.2 Å². The van der Waals surface area contributed by atoms with Crippen molar-refractivity contribution in [3.8, 4) is 66.8 Å². The first kappa shape index (κ1) is 29.0. The van der Waals surface area contributed by atoms with Crippen LogP contribution in [0, 0.1) is 0 Å². The Morgan fingerprint density at radius 2 is 0.639 bits per heavy atom. The van der Waals surface area contributed by atoms with Gasteiger partial charge in [0.05, 0.1) is 32.9 Å². The summed E-state index contributed by atoms with van der Waals surface area (Å²) in [7, 11) is 0. The third kappa shape index (κ3) is 7.63. The lowest BCUT2D eigenvalue weighted by molar-refractivity contribution is 0.669. The lowest BCUT2D eigenvalue weighted by atomic mass is 9.85. The summed E-state index contributed by atoms with van der Waals surface area (Å²) in [6, 6.07) is 37.5. The van der Waals surface area contributed by atoms with E-state index in [4.69, 9.17) is 26.3 Å². The standard InChI is InChI=1S/C44H26.C38H24O/c1-2-6-27(7-3-1)34-24-35(37-20-16-32-14-12-28-8-4-10-30-18-22-39(37)43(32)41(28)30)26-36(25-34)38-21-17-33-15-13-29-9-5-11-31-19-23-40(38)44(33)42(29)31;1-2-10-25(11-3-1)26-18-20-27(21-19-26)37-30-13-4-6-15-32(30)38(33-16-7-5-14-31(33)37)28-22-23-36-34(24-28)29-12-8-9-17-35(29)39-36/h1-26H;1-24H/i;1D,2D,3D,4D,5D,6D,7D,8D,9D,10D,11D,12D,13D,14D,15D,16D,17D,18D,19D,20D,21D,22D,23D,24D. The van der Waals surface area contributed by atoms with Crippen molar-refractivity contribution < 1.29 is 37.3 Å². The van der Waals surface area contributed by atoms with Gasteiger partial charge in [0, 0.05) is 10.8 Å². The molecular formula is C82H50O. The van der Waals surface area contributed by atoms with Crippen LogP contribution in [0.15, 0.2) is 307 Å². The molecule has 17 aromatic carbocycles. The van der Waals surface area contributed by atoms with E-state index in [1.54, 1.807) is 0 Å². The van der Waals surface area contributed by atoms with E-state index in [-0.39, 0.29) is 0 Å². The van der Waals surface area contributed by atoms with Crippen LogP contribution in [0.1, 0.15) is 32.9 Å². The summed E-state index contributed by atoms with van der Waals surface area (Å²) in [4.78, 5) is 0. The van der Waals surface area contributed by atoms with Crippen LogP contribution in [0.3, 0.4) is 0 Å². The van der Waals surface area contributed by atoms with Crippen molar-refractivity contribution in [2.45, 2.75) is 0 Å². The van der Waals surface area contributed by atoms with Crippen LogP contribution in [0.4, 0.5) is 0 Å². The zero-order valence-corrected chi connectivity index (χ0v) is 43.4. The van der Waals surface area contributed by atoms with E-state index in [0.717, 1.165) is 0 Å². The maximum Gasteiger partial charge on any atom is 0.135 e. The summed E-state index contributed by atoms with van der Waals surface area (Å²) in [6.45, 7) is 0. The fourth-order valence-corrected chi connectivity index (χ4v) is 12.2. The van der Waals surface area contributed by atoms with Crippen LogP contribution in [0.2, 0.25) is 0 Å². The van der Waals surface area contributed by atoms with Crippen LogP contribution < -0.4 is 0 Å². The highest BCUT2D eigenvalue weighted by atomic mass is 16.3. The van der Waals surface area contributed by atoms with Crippen molar-refractivity contribution in [2.75, 3.05) is 0 Å². The van der Waals surface area contributed by atoms with Crippen LogP contribution in [0.25, 0.3) is 175 Å². The minimum absolute atomic E-state index is 0.396. The van der Waals surface area contributed by atoms with E-state index in [1.807, 2.05) is 0 Å². The Morgan fingerprint density at radius 3 is 1.19 bits per heavy atom.